The first-order valence-corrected chi connectivity index (χ1v) is 8.23. The molecule has 1 saturated carbocycles. The van der Waals surface area contributed by atoms with Gasteiger partial charge in [-0.15, -0.1) is 0 Å². The van der Waals surface area contributed by atoms with Gasteiger partial charge < -0.3 is 5.32 Å². The second-order valence-corrected chi connectivity index (χ2v) is 6.08. The number of nitrogens with one attached hydrogen (secondary N) is 1. The van der Waals surface area contributed by atoms with E-state index >= 15 is 0 Å². The minimum Gasteiger partial charge on any atom is -0.310 e. The maximum Gasteiger partial charge on any atom is 0.0297 e. The van der Waals surface area contributed by atoms with Crippen LogP contribution in [0.3, 0.4) is 0 Å². The summed E-state index contributed by atoms with van der Waals surface area (Å²) in [5.74, 6) is 0.767. The zero-order valence-corrected chi connectivity index (χ0v) is 13.1. The SMILES string of the molecule is CCNC(C)c1ccccc1-c1ccccc1C1CCC1. The third-order valence-corrected chi connectivity index (χ3v) is 4.73. The molecule has 1 unspecified atom stereocenters. The lowest BCUT2D eigenvalue weighted by molar-refractivity contribution is 0.420. The molecule has 0 bridgehead atoms. The molecule has 1 N–H and O–H groups in total. The highest BCUT2D eigenvalue weighted by Gasteiger charge is 2.23. The van der Waals surface area contributed by atoms with Gasteiger partial charge in [-0.2, -0.15) is 0 Å². The van der Waals surface area contributed by atoms with Gasteiger partial charge in [0.15, 0.2) is 0 Å². The lowest BCUT2D eigenvalue weighted by atomic mass is 9.76. The molecule has 2 aromatic rings. The van der Waals surface area contributed by atoms with E-state index in [1.54, 1.807) is 5.56 Å². The average Bonchev–Trinajstić information content (AvgIpc) is 2.46. The van der Waals surface area contributed by atoms with Crippen molar-refractivity contribution in [1.82, 2.24) is 5.32 Å². The molecule has 110 valence electrons. The predicted octanol–water partition coefficient (Wildman–Crippen LogP) is 5.29. The summed E-state index contributed by atoms with van der Waals surface area (Å²) in [7, 11) is 0. The van der Waals surface area contributed by atoms with Crippen molar-refractivity contribution in [3.8, 4) is 11.1 Å². The van der Waals surface area contributed by atoms with E-state index in [1.165, 1.54) is 36.0 Å². The van der Waals surface area contributed by atoms with E-state index in [9.17, 15) is 0 Å². The van der Waals surface area contributed by atoms with Crippen molar-refractivity contribution in [2.24, 2.45) is 0 Å². The van der Waals surface area contributed by atoms with Gasteiger partial charge in [0.2, 0.25) is 0 Å². The fraction of sp³-hybridized carbons (Fsp3) is 0.400. The molecule has 3 rings (SSSR count). The lowest BCUT2D eigenvalue weighted by Crippen LogP contribution is -2.18. The summed E-state index contributed by atoms with van der Waals surface area (Å²) < 4.78 is 0. The Morgan fingerprint density at radius 1 is 1.00 bits per heavy atom. The molecule has 0 radical (unpaired) electrons. The van der Waals surface area contributed by atoms with E-state index < -0.39 is 0 Å². The monoisotopic (exact) mass is 279 g/mol. The summed E-state index contributed by atoms with van der Waals surface area (Å²) in [6, 6.07) is 18.2. The molecular formula is C20H25N. The van der Waals surface area contributed by atoms with Crippen LogP contribution >= 0.6 is 0 Å². The standard InChI is InChI=1S/C20H25N/c1-3-21-15(2)17-11-4-6-13-19(17)20-14-7-5-12-18(20)16-9-8-10-16/h4-7,11-16,21H,3,8-10H2,1-2H3. The Balaban J connectivity index is 2.04. The van der Waals surface area contributed by atoms with E-state index in [4.69, 9.17) is 0 Å². The highest BCUT2D eigenvalue weighted by molar-refractivity contribution is 5.72. The number of hydrogen-bond acceptors (Lipinski definition) is 1. The van der Waals surface area contributed by atoms with Crippen molar-refractivity contribution in [3.05, 3.63) is 59.7 Å². The molecule has 0 saturated heterocycles. The molecule has 1 heteroatoms. The van der Waals surface area contributed by atoms with Crippen LogP contribution in [0.25, 0.3) is 11.1 Å². The van der Waals surface area contributed by atoms with Gasteiger partial charge in [-0.3, -0.25) is 0 Å². The molecular weight excluding hydrogens is 254 g/mol. The van der Waals surface area contributed by atoms with Crippen LogP contribution in [0, 0.1) is 0 Å². The summed E-state index contributed by atoms with van der Waals surface area (Å²) in [5, 5.41) is 3.55. The Kier molecular flexibility index (Phi) is 4.40. The van der Waals surface area contributed by atoms with Crippen molar-refractivity contribution in [3.63, 3.8) is 0 Å². The second kappa shape index (κ2) is 6.44. The average molecular weight is 279 g/mol. The Labute approximate surface area is 128 Å². The first kappa shape index (κ1) is 14.3. The number of rotatable bonds is 5. The van der Waals surface area contributed by atoms with E-state index in [-0.39, 0.29) is 0 Å². The fourth-order valence-corrected chi connectivity index (χ4v) is 3.35. The largest absolute Gasteiger partial charge is 0.310 e. The van der Waals surface area contributed by atoms with Crippen LogP contribution in [0.2, 0.25) is 0 Å². The Bertz CT molecular complexity index is 598. The Morgan fingerprint density at radius 2 is 1.67 bits per heavy atom. The molecule has 0 spiro atoms. The third-order valence-electron chi connectivity index (χ3n) is 4.73. The van der Waals surface area contributed by atoms with Gasteiger partial charge in [0.1, 0.15) is 0 Å². The smallest absolute Gasteiger partial charge is 0.0297 e. The van der Waals surface area contributed by atoms with E-state index in [0.29, 0.717) is 6.04 Å². The van der Waals surface area contributed by atoms with Gasteiger partial charge in [-0.1, -0.05) is 61.9 Å². The van der Waals surface area contributed by atoms with Crippen LogP contribution < -0.4 is 5.32 Å². The third kappa shape index (κ3) is 2.89. The summed E-state index contributed by atoms with van der Waals surface area (Å²) in [6.45, 7) is 5.43. The van der Waals surface area contributed by atoms with Crippen LogP contribution in [-0.4, -0.2) is 6.54 Å². The highest BCUT2D eigenvalue weighted by atomic mass is 14.9. The molecule has 1 aliphatic carbocycles. The molecule has 1 aliphatic rings. The summed E-state index contributed by atoms with van der Waals surface area (Å²) in [5.41, 5.74) is 5.78. The van der Waals surface area contributed by atoms with E-state index in [2.05, 4.69) is 67.7 Å². The molecule has 1 nitrogen and oxygen atoms in total. The van der Waals surface area contributed by atoms with Crippen molar-refractivity contribution in [1.29, 1.82) is 0 Å². The maximum absolute atomic E-state index is 3.55. The van der Waals surface area contributed by atoms with Gasteiger partial charge in [-0.25, -0.2) is 0 Å². The molecule has 21 heavy (non-hydrogen) atoms. The van der Waals surface area contributed by atoms with Gasteiger partial charge >= 0.3 is 0 Å². The van der Waals surface area contributed by atoms with Crippen LogP contribution in [0.15, 0.2) is 48.5 Å². The molecule has 1 fully saturated rings. The van der Waals surface area contributed by atoms with Crippen LogP contribution in [0.1, 0.15) is 56.2 Å². The summed E-state index contributed by atoms with van der Waals surface area (Å²) in [4.78, 5) is 0. The lowest BCUT2D eigenvalue weighted by Gasteiger charge is -2.29. The van der Waals surface area contributed by atoms with Crippen LogP contribution in [0.4, 0.5) is 0 Å². The topological polar surface area (TPSA) is 12.0 Å². The Morgan fingerprint density at radius 3 is 2.33 bits per heavy atom. The Hall–Kier alpha value is -1.60. The number of hydrogen-bond donors (Lipinski definition) is 1. The van der Waals surface area contributed by atoms with Gasteiger partial charge in [0.25, 0.3) is 0 Å². The van der Waals surface area contributed by atoms with Gasteiger partial charge in [-0.05, 0) is 54.5 Å². The molecule has 1 atom stereocenters. The van der Waals surface area contributed by atoms with Gasteiger partial charge in [0.05, 0.1) is 0 Å². The number of benzene rings is 2. The highest BCUT2D eigenvalue weighted by Crippen LogP contribution is 2.42. The van der Waals surface area contributed by atoms with Crippen LogP contribution in [0.5, 0.6) is 0 Å². The summed E-state index contributed by atoms with van der Waals surface area (Å²) in [6.07, 6.45) is 4.08. The van der Waals surface area contributed by atoms with Crippen LogP contribution in [-0.2, 0) is 0 Å². The van der Waals surface area contributed by atoms with Crippen molar-refractivity contribution in [2.45, 2.75) is 45.1 Å². The minimum absolute atomic E-state index is 0.389. The van der Waals surface area contributed by atoms with Crippen molar-refractivity contribution < 1.29 is 0 Å². The molecule has 0 heterocycles. The maximum atomic E-state index is 3.55. The first-order chi connectivity index (χ1) is 10.3. The zero-order valence-electron chi connectivity index (χ0n) is 13.1. The normalized spacial score (nSPS) is 16.5. The molecule has 0 aliphatic heterocycles. The predicted molar refractivity (Wildman–Crippen MR) is 90.6 cm³/mol. The van der Waals surface area contributed by atoms with Gasteiger partial charge in [0, 0.05) is 6.04 Å². The van der Waals surface area contributed by atoms with Crippen molar-refractivity contribution in [2.75, 3.05) is 6.54 Å². The fourth-order valence-electron chi connectivity index (χ4n) is 3.35. The molecule has 2 aromatic carbocycles. The molecule has 0 amide bonds. The van der Waals surface area contributed by atoms with E-state index in [1.807, 2.05) is 0 Å². The van der Waals surface area contributed by atoms with E-state index in [0.717, 1.165) is 12.5 Å². The second-order valence-electron chi connectivity index (χ2n) is 6.08. The first-order valence-electron chi connectivity index (χ1n) is 8.23. The zero-order chi connectivity index (χ0) is 14.7. The molecule has 0 aromatic heterocycles. The quantitative estimate of drug-likeness (QED) is 0.784. The van der Waals surface area contributed by atoms with Crippen molar-refractivity contribution >= 4 is 0 Å². The minimum atomic E-state index is 0.389. The summed E-state index contributed by atoms with van der Waals surface area (Å²) >= 11 is 0.